The molecule has 6 rings (SSSR count). The first kappa shape index (κ1) is 30.3. The maximum Gasteiger partial charge on any atom is 0.419 e. The molecule has 0 spiro atoms. The fourth-order valence-corrected chi connectivity index (χ4v) is 5.78. The van der Waals surface area contributed by atoms with Gasteiger partial charge in [0.25, 0.3) is 0 Å². The molecule has 236 valence electrons. The minimum Gasteiger partial charge on any atom is -0.443 e. The molecule has 3 heterocycles. The molecule has 3 aliphatic rings. The van der Waals surface area contributed by atoms with E-state index in [4.69, 9.17) is 29.3 Å². The van der Waals surface area contributed by atoms with Crippen LogP contribution in [0.25, 0.3) is 22.3 Å². The van der Waals surface area contributed by atoms with Crippen LogP contribution in [0.15, 0.2) is 30.6 Å². The molecule has 0 N–H and O–H groups in total. The summed E-state index contributed by atoms with van der Waals surface area (Å²) >= 11 is 0. The van der Waals surface area contributed by atoms with Crippen molar-refractivity contribution in [2.75, 3.05) is 37.7 Å². The number of anilines is 1. The number of imide groups is 1. The Labute approximate surface area is 258 Å². The van der Waals surface area contributed by atoms with Crippen LogP contribution in [0.3, 0.4) is 0 Å². The molecular formula is C33H44N6O5. The largest absolute Gasteiger partial charge is 0.443 e. The van der Waals surface area contributed by atoms with Crippen molar-refractivity contribution in [2.45, 2.75) is 90.4 Å². The van der Waals surface area contributed by atoms with Crippen molar-refractivity contribution < 1.29 is 23.8 Å². The lowest BCUT2D eigenvalue weighted by Crippen LogP contribution is -2.47. The number of rotatable bonds is 6. The minimum atomic E-state index is -0.721. The fraction of sp³-hybridized carbons (Fsp3) is 0.606. The number of hydrogen-bond acceptors (Lipinski definition) is 9. The third-order valence-electron chi connectivity index (χ3n) is 8.16. The molecule has 1 aliphatic heterocycles. The summed E-state index contributed by atoms with van der Waals surface area (Å²) < 4.78 is 18.6. The molecule has 11 heteroatoms. The molecule has 2 aliphatic carbocycles. The number of carbonyl (C=O) groups excluding carboxylic acids is 2. The van der Waals surface area contributed by atoms with E-state index in [1.165, 1.54) is 0 Å². The van der Waals surface area contributed by atoms with Crippen LogP contribution in [0.4, 0.5) is 15.3 Å². The van der Waals surface area contributed by atoms with E-state index in [0.717, 1.165) is 90.6 Å². The Morgan fingerprint density at radius 2 is 1.64 bits per heavy atom. The molecule has 0 radical (unpaired) electrons. The number of hydrogen-bond donors (Lipinski definition) is 0. The Hall–Kier alpha value is -3.73. The highest BCUT2D eigenvalue weighted by Crippen LogP contribution is 2.46. The van der Waals surface area contributed by atoms with Crippen LogP contribution >= 0.6 is 0 Å². The Kier molecular flexibility index (Phi) is 8.02. The summed E-state index contributed by atoms with van der Waals surface area (Å²) in [7, 11) is 0. The Balaban J connectivity index is 1.16. The van der Waals surface area contributed by atoms with Crippen molar-refractivity contribution in [1.82, 2.24) is 24.6 Å². The van der Waals surface area contributed by atoms with E-state index in [9.17, 15) is 9.59 Å². The summed E-state index contributed by atoms with van der Waals surface area (Å²) in [5.74, 6) is 0.566. The summed E-state index contributed by atoms with van der Waals surface area (Å²) in [6.45, 7) is 14.2. The van der Waals surface area contributed by atoms with Crippen molar-refractivity contribution in [3.05, 3.63) is 36.3 Å². The third-order valence-corrected chi connectivity index (χ3v) is 8.16. The topological polar surface area (TPSA) is 112 Å². The summed E-state index contributed by atoms with van der Waals surface area (Å²) in [6, 6.07) is 6.45. The molecule has 2 saturated carbocycles. The standard InChI is InChI=1S/C33H44N6O5/c1-32(2,3)43-30(40)38(31(41)44-33(4,5)6)19-21-15-24(16-21)39-20-25(29(36-39)22-7-8-22)28-18-34-27-17-23(9-10-26(27)35-28)37-11-13-42-14-12-37/h9-10,17-18,20-22,24H,7-8,11-16,19H2,1-6H3. The van der Waals surface area contributed by atoms with Crippen molar-refractivity contribution in [3.63, 3.8) is 0 Å². The SMILES string of the molecule is CC(C)(C)OC(=O)N(CC1CC(n2cc(-c3cnc4cc(N5CCOCC5)ccc4n3)c(C3CC3)n2)C1)C(=O)OC(C)(C)C. The predicted molar refractivity (Wildman–Crippen MR) is 167 cm³/mol. The van der Waals surface area contributed by atoms with Crippen LogP contribution in [-0.2, 0) is 14.2 Å². The molecule has 0 unspecified atom stereocenters. The first-order valence-corrected chi connectivity index (χ1v) is 15.8. The molecule has 11 nitrogen and oxygen atoms in total. The second-order valence-electron chi connectivity index (χ2n) is 14.3. The Bertz CT molecular complexity index is 1500. The van der Waals surface area contributed by atoms with Gasteiger partial charge in [-0.1, -0.05) is 0 Å². The van der Waals surface area contributed by atoms with E-state index in [0.29, 0.717) is 5.92 Å². The van der Waals surface area contributed by atoms with E-state index in [1.807, 2.05) is 6.20 Å². The third kappa shape index (κ3) is 6.98. The lowest BCUT2D eigenvalue weighted by molar-refractivity contribution is -0.00642. The molecule has 2 amide bonds. The fourth-order valence-electron chi connectivity index (χ4n) is 5.78. The van der Waals surface area contributed by atoms with E-state index in [-0.39, 0.29) is 18.5 Å². The number of aromatic nitrogens is 4. The lowest BCUT2D eigenvalue weighted by Gasteiger charge is -2.38. The van der Waals surface area contributed by atoms with Crippen molar-refractivity contribution >= 4 is 28.9 Å². The summed E-state index contributed by atoms with van der Waals surface area (Å²) in [4.78, 5) is 39.1. The summed E-state index contributed by atoms with van der Waals surface area (Å²) in [6.07, 6.45) is 6.44. The molecular weight excluding hydrogens is 560 g/mol. The zero-order chi connectivity index (χ0) is 31.2. The number of carbonyl (C=O) groups is 2. The average molecular weight is 605 g/mol. The summed E-state index contributed by atoms with van der Waals surface area (Å²) in [5.41, 5.74) is 4.39. The van der Waals surface area contributed by atoms with Crippen molar-refractivity contribution in [2.24, 2.45) is 5.92 Å². The number of morpholine rings is 1. The van der Waals surface area contributed by atoms with Gasteiger partial charge in [0, 0.05) is 43.0 Å². The number of benzene rings is 1. The van der Waals surface area contributed by atoms with E-state index >= 15 is 0 Å². The molecule has 1 aromatic carbocycles. The van der Waals surface area contributed by atoms with Gasteiger partial charge in [0.15, 0.2) is 0 Å². The highest BCUT2D eigenvalue weighted by molar-refractivity contribution is 5.88. The highest BCUT2D eigenvalue weighted by Gasteiger charge is 2.39. The van der Waals surface area contributed by atoms with Crippen LogP contribution in [0.1, 0.15) is 84.9 Å². The average Bonchev–Trinajstić information content (AvgIpc) is 3.69. The van der Waals surface area contributed by atoms with Crippen LogP contribution < -0.4 is 4.90 Å². The smallest absolute Gasteiger partial charge is 0.419 e. The van der Waals surface area contributed by atoms with Gasteiger partial charge in [0.2, 0.25) is 0 Å². The molecule has 0 bridgehead atoms. The zero-order valence-electron chi connectivity index (χ0n) is 26.7. The lowest BCUT2D eigenvalue weighted by atomic mass is 9.80. The van der Waals surface area contributed by atoms with Gasteiger partial charge in [-0.05, 0) is 91.3 Å². The number of fused-ring (bicyclic) bond motifs is 1. The molecule has 0 atom stereocenters. The maximum atomic E-state index is 13.0. The van der Waals surface area contributed by atoms with Gasteiger partial charge in [-0.3, -0.25) is 9.67 Å². The van der Waals surface area contributed by atoms with Gasteiger partial charge in [0.1, 0.15) is 11.2 Å². The number of nitrogens with zero attached hydrogens (tertiary/aromatic N) is 6. The zero-order valence-corrected chi connectivity index (χ0v) is 26.7. The first-order chi connectivity index (χ1) is 20.8. The van der Waals surface area contributed by atoms with E-state index < -0.39 is 23.4 Å². The predicted octanol–water partition coefficient (Wildman–Crippen LogP) is 6.33. The Morgan fingerprint density at radius 1 is 0.977 bits per heavy atom. The van der Waals surface area contributed by atoms with Gasteiger partial charge in [-0.15, -0.1) is 0 Å². The van der Waals surface area contributed by atoms with Gasteiger partial charge in [-0.25, -0.2) is 19.5 Å². The highest BCUT2D eigenvalue weighted by atomic mass is 16.6. The van der Waals surface area contributed by atoms with Crippen LogP contribution in [-0.4, -0.2) is 80.9 Å². The second-order valence-corrected chi connectivity index (χ2v) is 14.3. The monoisotopic (exact) mass is 604 g/mol. The van der Waals surface area contributed by atoms with Gasteiger partial charge in [0.05, 0.1) is 47.9 Å². The van der Waals surface area contributed by atoms with Crippen LogP contribution in [0, 0.1) is 5.92 Å². The van der Waals surface area contributed by atoms with Crippen LogP contribution in [0.5, 0.6) is 0 Å². The normalized spacial score (nSPS) is 20.7. The summed E-state index contributed by atoms with van der Waals surface area (Å²) in [5, 5.41) is 5.04. The first-order valence-electron chi connectivity index (χ1n) is 15.8. The molecule has 1 saturated heterocycles. The van der Waals surface area contributed by atoms with Gasteiger partial charge >= 0.3 is 12.2 Å². The van der Waals surface area contributed by atoms with Crippen LogP contribution in [0.2, 0.25) is 0 Å². The molecule has 44 heavy (non-hydrogen) atoms. The van der Waals surface area contributed by atoms with Gasteiger partial charge < -0.3 is 19.1 Å². The minimum absolute atomic E-state index is 0.123. The van der Waals surface area contributed by atoms with E-state index in [2.05, 4.69) is 34.0 Å². The van der Waals surface area contributed by atoms with Crippen molar-refractivity contribution in [1.29, 1.82) is 0 Å². The molecule has 3 fully saturated rings. The van der Waals surface area contributed by atoms with Gasteiger partial charge in [-0.2, -0.15) is 5.10 Å². The Morgan fingerprint density at radius 3 is 2.25 bits per heavy atom. The number of ether oxygens (including phenoxy) is 3. The quantitative estimate of drug-likeness (QED) is 0.319. The maximum absolute atomic E-state index is 13.0. The molecule has 3 aromatic rings. The molecule has 2 aromatic heterocycles. The van der Waals surface area contributed by atoms with E-state index in [1.54, 1.807) is 41.5 Å². The second kappa shape index (κ2) is 11.6. The number of amides is 2. The van der Waals surface area contributed by atoms with Crippen molar-refractivity contribution in [3.8, 4) is 11.3 Å².